The molecule has 1 saturated heterocycles. The topological polar surface area (TPSA) is 77.2 Å². The normalized spacial score (nSPS) is 20.5. The van der Waals surface area contributed by atoms with E-state index in [1.807, 2.05) is 33.7 Å². The first-order valence-electron chi connectivity index (χ1n) is 10.0. The molecule has 7 heteroatoms. The minimum absolute atomic E-state index is 0.0418. The van der Waals surface area contributed by atoms with Crippen molar-refractivity contribution in [3.8, 4) is 0 Å². The molecule has 2 bridgehead atoms. The van der Waals surface area contributed by atoms with Crippen LogP contribution < -0.4 is 11.1 Å². The Bertz CT molecular complexity index is 1210. The number of piperidine rings is 1. The van der Waals surface area contributed by atoms with Crippen LogP contribution in [0.2, 0.25) is 0 Å². The summed E-state index contributed by atoms with van der Waals surface area (Å²) in [7, 11) is 0. The van der Waals surface area contributed by atoms with Gasteiger partial charge in [-0.15, -0.1) is 0 Å². The van der Waals surface area contributed by atoms with Crippen molar-refractivity contribution < 1.29 is 4.79 Å². The number of hydrogen-bond acceptors (Lipinski definition) is 4. The first-order chi connectivity index (χ1) is 14.1. The predicted molar refractivity (Wildman–Crippen MR) is 109 cm³/mol. The molecule has 7 nitrogen and oxygen atoms in total. The molecule has 3 aromatic rings. The molecule has 2 unspecified atom stereocenters. The molecule has 0 radical (unpaired) electrons. The molecule has 29 heavy (non-hydrogen) atoms. The Labute approximate surface area is 167 Å². The molecule has 5 rings (SSSR count). The van der Waals surface area contributed by atoms with Crippen molar-refractivity contribution >= 4 is 16.8 Å². The monoisotopic (exact) mass is 390 g/mol. The number of likely N-dealkylation sites (tertiary alicyclic amines) is 1. The Morgan fingerprint density at radius 1 is 1.03 bits per heavy atom. The van der Waals surface area contributed by atoms with Crippen molar-refractivity contribution in [1.29, 1.82) is 0 Å². The lowest BCUT2D eigenvalue weighted by Gasteiger charge is -2.42. The van der Waals surface area contributed by atoms with Gasteiger partial charge in [-0.05, 0) is 30.5 Å². The average molecular weight is 390 g/mol. The molecule has 2 aliphatic heterocycles. The number of carbonyl (C=O) groups is 1. The Kier molecular flexibility index (Phi) is 4.30. The third-order valence-electron chi connectivity index (χ3n) is 6.13. The van der Waals surface area contributed by atoms with Crippen molar-refractivity contribution in [1.82, 2.24) is 19.0 Å². The van der Waals surface area contributed by atoms with E-state index < -0.39 is 0 Å². The van der Waals surface area contributed by atoms with Crippen molar-refractivity contribution in [2.75, 3.05) is 13.1 Å². The number of nitrogens with zero attached hydrogens (tertiary/aromatic N) is 4. The van der Waals surface area contributed by atoms with E-state index in [4.69, 9.17) is 0 Å². The highest BCUT2D eigenvalue weighted by atomic mass is 16.2. The molecule has 2 aromatic heterocycles. The fourth-order valence-corrected chi connectivity index (χ4v) is 4.74. The van der Waals surface area contributed by atoms with Gasteiger partial charge in [-0.1, -0.05) is 18.2 Å². The van der Waals surface area contributed by atoms with Crippen LogP contribution in [0.3, 0.4) is 0 Å². The lowest BCUT2D eigenvalue weighted by Crippen LogP contribution is -2.49. The zero-order valence-corrected chi connectivity index (χ0v) is 16.0. The Morgan fingerprint density at radius 3 is 2.79 bits per heavy atom. The Morgan fingerprint density at radius 2 is 1.90 bits per heavy atom. The number of fused-ring (bicyclic) bond motifs is 5. The van der Waals surface area contributed by atoms with Gasteiger partial charge in [0.05, 0.1) is 17.2 Å². The first-order valence-corrected chi connectivity index (χ1v) is 10.0. The molecule has 1 fully saturated rings. The second-order valence-corrected chi connectivity index (χ2v) is 8.01. The van der Waals surface area contributed by atoms with Gasteiger partial charge in [-0.2, -0.15) is 0 Å². The standard InChI is InChI=1S/C22H22N4O3/c27-20(8-9-24-14-23-18-5-2-1-4-17(18)22(24)29)25-11-15-10-16(13-25)19-6-3-7-21(28)26(19)12-15/h1-7,14-16H,8-13H2. The number of pyridine rings is 1. The van der Waals surface area contributed by atoms with Crippen LogP contribution in [0.1, 0.15) is 24.5 Å². The van der Waals surface area contributed by atoms with E-state index in [1.54, 1.807) is 18.2 Å². The van der Waals surface area contributed by atoms with Crippen LogP contribution in [0.5, 0.6) is 0 Å². The highest BCUT2D eigenvalue weighted by Crippen LogP contribution is 2.35. The predicted octanol–water partition coefficient (Wildman–Crippen LogP) is 1.59. The molecule has 0 aliphatic carbocycles. The number of aromatic nitrogens is 3. The average Bonchev–Trinajstić information content (AvgIpc) is 2.74. The fraction of sp³-hybridized carbons (Fsp3) is 0.364. The molecule has 1 aromatic carbocycles. The summed E-state index contributed by atoms with van der Waals surface area (Å²) in [5.74, 6) is 0.548. The minimum atomic E-state index is -0.118. The number of amides is 1. The fourth-order valence-electron chi connectivity index (χ4n) is 4.74. The van der Waals surface area contributed by atoms with Crippen molar-refractivity contribution in [2.24, 2.45) is 5.92 Å². The Hall–Kier alpha value is -3.22. The Balaban J connectivity index is 1.31. The molecule has 1 amide bonds. The van der Waals surface area contributed by atoms with Crippen molar-refractivity contribution in [3.05, 3.63) is 75.2 Å². The second kappa shape index (κ2) is 6.99. The summed E-state index contributed by atoms with van der Waals surface area (Å²) in [6, 6.07) is 12.6. The van der Waals surface area contributed by atoms with Crippen LogP contribution in [-0.2, 0) is 17.9 Å². The summed E-state index contributed by atoms with van der Waals surface area (Å²) in [5.41, 5.74) is 1.62. The molecular formula is C22H22N4O3. The molecule has 0 saturated carbocycles. The smallest absolute Gasteiger partial charge is 0.261 e. The van der Waals surface area contributed by atoms with Gasteiger partial charge in [0.2, 0.25) is 5.91 Å². The summed E-state index contributed by atoms with van der Waals surface area (Å²) < 4.78 is 3.38. The van der Waals surface area contributed by atoms with Crippen LogP contribution >= 0.6 is 0 Å². The maximum Gasteiger partial charge on any atom is 0.261 e. The van der Waals surface area contributed by atoms with Gasteiger partial charge in [0, 0.05) is 50.3 Å². The maximum atomic E-state index is 12.9. The van der Waals surface area contributed by atoms with E-state index in [-0.39, 0.29) is 29.4 Å². The number of carbonyl (C=O) groups excluding carboxylic acids is 1. The summed E-state index contributed by atoms with van der Waals surface area (Å²) in [6.07, 6.45) is 2.80. The van der Waals surface area contributed by atoms with E-state index in [1.165, 1.54) is 10.9 Å². The van der Waals surface area contributed by atoms with Gasteiger partial charge < -0.3 is 9.47 Å². The zero-order valence-electron chi connectivity index (χ0n) is 16.0. The van der Waals surface area contributed by atoms with Crippen LogP contribution in [0.15, 0.2) is 58.4 Å². The van der Waals surface area contributed by atoms with E-state index in [0.717, 1.165) is 12.1 Å². The van der Waals surface area contributed by atoms with E-state index >= 15 is 0 Å². The van der Waals surface area contributed by atoms with Gasteiger partial charge in [0.1, 0.15) is 0 Å². The second-order valence-electron chi connectivity index (χ2n) is 8.01. The molecule has 4 heterocycles. The molecule has 2 atom stereocenters. The molecule has 2 aliphatic rings. The maximum absolute atomic E-state index is 12.9. The minimum Gasteiger partial charge on any atom is -0.342 e. The molecule has 148 valence electrons. The number of benzene rings is 1. The number of para-hydroxylation sites is 1. The lowest BCUT2D eigenvalue weighted by molar-refractivity contribution is -0.134. The largest absolute Gasteiger partial charge is 0.342 e. The van der Waals surface area contributed by atoms with E-state index in [0.29, 0.717) is 43.0 Å². The zero-order chi connectivity index (χ0) is 20.0. The molecular weight excluding hydrogens is 368 g/mol. The molecule has 0 spiro atoms. The summed E-state index contributed by atoms with van der Waals surface area (Å²) in [4.78, 5) is 43.8. The number of aryl methyl sites for hydroxylation is 1. The summed E-state index contributed by atoms with van der Waals surface area (Å²) >= 11 is 0. The van der Waals surface area contributed by atoms with E-state index in [2.05, 4.69) is 4.98 Å². The molecule has 0 N–H and O–H groups in total. The van der Waals surface area contributed by atoms with Crippen LogP contribution in [0, 0.1) is 5.92 Å². The van der Waals surface area contributed by atoms with Crippen LogP contribution in [0.25, 0.3) is 10.9 Å². The quantitative estimate of drug-likeness (QED) is 0.681. The third-order valence-corrected chi connectivity index (χ3v) is 6.13. The van der Waals surface area contributed by atoms with Crippen molar-refractivity contribution in [3.63, 3.8) is 0 Å². The number of hydrogen-bond donors (Lipinski definition) is 0. The van der Waals surface area contributed by atoms with Gasteiger partial charge in [0.15, 0.2) is 0 Å². The summed E-state index contributed by atoms with van der Waals surface area (Å²) in [5, 5.41) is 0.567. The number of rotatable bonds is 3. The van der Waals surface area contributed by atoms with E-state index in [9.17, 15) is 14.4 Å². The first kappa shape index (κ1) is 17.8. The lowest BCUT2D eigenvalue weighted by atomic mass is 9.83. The van der Waals surface area contributed by atoms with Crippen LogP contribution in [0.4, 0.5) is 0 Å². The van der Waals surface area contributed by atoms with Crippen molar-refractivity contribution in [2.45, 2.75) is 31.8 Å². The third kappa shape index (κ3) is 3.16. The SMILES string of the molecule is O=C(CCn1cnc2ccccc2c1=O)N1CC2CC(C1)c1cccc(=O)n1C2. The van der Waals surface area contributed by atoms with Gasteiger partial charge >= 0.3 is 0 Å². The van der Waals surface area contributed by atoms with Gasteiger partial charge in [0.25, 0.3) is 11.1 Å². The van der Waals surface area contributed by atoms with Crippen LogP contribution in [-0.4, -0.2) is 38.0 Å². The highest BCUT2D eigenvalue weighted by molar-refractivity contribution is 5.77. The van der Waals surface area contributed by atoms with Gasteiger partial charge in [-0.25, -0.2) is 4.98 Å². The highest BCUT2D eigenvalue weighted by Gasteiger charge is 2.35. The van der Waals surface area contributed by atoms with Gasteiger partial charge in [-0.3, -0.25) is 19.0 Å². The summed E-state index contributed by atoms with van der Waals surface area (Å²) in [6.45, 7) is 2.28.